The van der Waals surface area contributed by atoms with E-state index < -0.39 is 0 Å². The Hall–Kier alpha value is -1.88. The molecule has 0 aromatic heterocycles. The summed E-state index contributed by atoms with van der Waals surface area (Å²) in [4.78, 5) is 26.7. The zero-order valence-electron chi connectivity index (χ0n) is 13.7. The molecule has 2 heterocycles. The summed E-state index contributed by atoms with van der Waals surface area (Å²) in [5, 5.41) is 6.38. The first-order chi connectivity index (χ1) is 11.1. The highest BCUT2D eigenvalue weighted by Gasteiger charge is 2.30. The molecule has 0 saturated carbocycles. The molecule has 2 fully saturated rings. The third-order valence-corrected chi connectivity index (χ3v) is 4.89. The summed E-state index contributed by atoms with van der Waals surface area (Å²) in [6.45, 7) is 4.36. The second-order valence-electron chi connectivity index (χ2n) is 6.54. The van der Waals surface area contributed by atoms with Gasteiger partial charge in [0.05, 0.1) is 6.04 Å². The van der Waals surface area contributed by atoms with E-state index in [0.717, 1.165) is 56.4 Å². The number of piperidine rings is 1. The van der Waals surface area contributed by atoms with Crippen LogP contribution >= 0.6 is 0 Å². The van der Waals surface area contributed by atoms with E-state index >= 15 is 0 Å². The van der Waals surface area contributed by atoms with Gasteiger partial charge in [-0.2, -0.15) is 0 Å². The summed E-state index contributed by atoms with van der Waals surface area (Å²) in [6.07, 6.45) is 3.69. The maximum absolute atomic E-state index is 12.4. The zero-order valence-corrected chi connectivity index (χ0v) is 13.7. The van der Waals surface area contributed by atoms with Gasteiger partial charge in [0.1, 0.15) is 0 Å². The largest absolute Gasteiger partial charge is 0.349 e. The highest BCUT2D eigenvalue weighted by atomic mass is 16.2. The molecule has 0 aliphatic carbocycles. The number of carbonyl (C=O) groups is 2. The fraction of sp³-hybridized carbons (Fsp3) is 0.556. The Bertz CT molecular complexity index is 573. The molecular weight excluding hydrogens is 290 g/mol. The van der Waals surface area contributed by atoms with Crippen LogP contribution in [0.15, 0.2) is 24.3 Å². The molecule has 0 radical (unpaired) electrons. The maximum Gasteiger partial charge on any atom is 0.251 e. The molecule has 5 nitrogen and oxygen atoms in total. The molecule has 1 aromatic carbocycles. The number of aryl methyl sites for hydroxylation is 1. The Morgan fingerprint density at radius 3 is 2.57 bits per heavy atom. The van der Waals surface area contributed by atoms with Crippen LogP contribution in [0.1, 0.15) is 41.6 Å². The van der Waals surface area contributed by atoms with Crippen LogP contribution in [-0.4, -0.2) is 48.4 Å². The molecule has 2 saturated heterocycles. The van der Waals surface area contributed by atoms with Crippen LogP contribution in [0.5, 0.6) is 0 Å². The number of rotatable bonds is 3. The van der Waals surface area contributed by atoms with Crippen molar-refractivity contribution >= 4 is 11.8 Å². The molecular formula is C18H25N3O2. The van der Waals surface area contributed by atoms with Gasteiger partial charge < -0.3 is 15.5 Å². The lowest BCUT2D eigenvalue weighted by Crippen LogP contribution is -2.50. The Labute approximate surface area is 137 Å². The van der Waals surface area contributed by atoms with E-state index in [0.29, 0.717) is 0 Å². The van der Waals surface area contributed by atoms with Gasteiger partial charge in [-0.3, -0.25) is 9.59 Å². The zero-order chi connectivity index (χ0) is 16.2. The average molecular weight is 315 g/mol. The first-order valence-corrected chi connectivity index (χ1v) is 8.54. The molecule has 2 N–H and O–H groups in total. The second-order valence-corrected chi connectivity index (χ2v) is 6.54. The topological polar surface area (TPSA) is 61.4 Å². The molecule has 2 aliphatic rings. The van der Waals surface area contributed by atoms with Crippen LogP contribution in [0.3, 0.4) is 0 Å². The van der Waals surface area contributed by atoms with E-state index in [-0.39, 0.29) is 23.9 Å². The van der Waals surface area contributed by atoms with Crippen LogP contribution in [0.4, 0.5) is 0 Å². The molecule has 0 bridgehead atoms. The summed E-state index contributed by atoms with van der Waals surface area (Å²) >= 11 is 0. The summed E-state index contributed by atoms with van der Waals surface area (Å²) in [5.41, 5.74) is 1.73. The van der Waals surface area contributed by atoms with Crippen LogP contribution in [-0.2, 0) is 4.79 Å². The molecule has 1 unspecified atom stereocenters. The van der Waals surface area contributed by atoms with Crippen molar-refractivity contribution in [1.29, 1.82) is 0 Å². The van der Waals surface area contributed by atoms with E-state index in [1.165, 1.54) is 0 Å². The number of benzene rings is 1. The molecule has 2 amide bonds. The number of likely N-dealkylation sites (tertiary alicyclic amines) is 1. The second kappa shape index (κ2) is 7.13. The molecule has 2 aliphatic heterocycles. The average Bonchev–Trinajstić information content (AvgIpc) is 3.09. The number of hydrogen-bond donors (Lipinski definition) is 2. The third kappa shape index (κ3) is 3.72. The van der Waals surface area contributed by atoms with Crippen molar-refractivity contribution in [2.75, 3.05) is 19.6 Å². The first kappa shape index (κ1) is 16.0. The molecule has 1 aromatic rings. The normalized spacial score (nSPS) is 22.1. The molecule has 1 atom stereocenters. The minimum Gasteiger partial charge on any atom is -0.349 e. The number of amides is 2. The minimum atomic E-state index is -0.00895. The Morgan fingerprint density at radius 2 is 1.91 bits per heavy atom. The fourth-order valence-corrected chi connectivity index (χ4v) is 3.45. The summed E-state index contributed by atoms with van der Waals surface area (Å²) in [6, 6.07) is 7.79. The highest BCUT2D eigenvalue weighted by molar-refractivity contribution is 5.95. The maximum atomic E-state index is 12.4. The van der Waals surface area contributed by atoms with Gasteiger partial charge in [0.25, 0.3) is 5.91 Å². The molecule has 23 heavy (non-hydrogen) atoms. The number of hydrogen-bond acceptors (Lipinski definition) is 3. The predicted octanol–water partition coefficient (Wildman–Crippen LogP) is 1.47. The van der Waals surface area contributed by atoms with Gasteiger partial charge in [-0.25, -0.2) is 0 Å². The quantitative estimate of drug-likeness (QED) is 0.888. The van der Waals surface area contributed by atoms with Crippen LogP contribution in [0.2, 0.25) is 0 Å². The third-order valence-electron chi connectivity index (χ3n) is 4.89. The van der Waals surface area contributed by atoms with E-state index in [1.54, 1.807) is 0 Å². The lowest BCUT2D eigenvalue weighted by molar-refractivity contribution is -0.134. The van der Waals surface area contributed by atoms with Gasteiger partial charge in [0, 0.05) is 24.7 Å². The van der Waals surface area contributed by atoms with E-state index in [4.69, 9.17) is 0 Å². The van der Waals surface area contributed by atoms with Crippen molar-refractivity contribution in [3.63, 3.8) is 0 Å². The Morgan fingerprint density at radius 1 is 1.17 bits per heavy atom. The smallest absolute Gasteiger partial charge is 0.251 e. The van der Waals surface area contributed by atoms with Crippen molar-refractivity contribution < 1.29 is 9.59 Å². The van der Waals surface area contributed by atoms with Crippen LogP contribution in [0, 0.1) is 6.92 Å². The molecule has 5 heteroatoms. The van der Waals surface area contributed by atoms with Gasteiger partial charge >= 0.3 is 0 Å². The van der Waals surface area contributed by atoms with Crippen molar-refractivity contribution in [3.8, 4) is 0 Å². The highest BCUT2D eigenvalue weighted by Crippen LogP contribution is 2.16. The summed E-state index contributed by atoms with van der Waals surface area (Å²) in [7, 11) is 0. The summed E-state index contributed by atoms with van der Waals surface area (Å²) in [5.74, 6) is 0.219. The number of carbonyl (C=O) groups excluding carboxylic acids is 2. The van der Waals surface area contributed by atoms with E-state index in [2.05, 4.69) is 10.6 Å². The lowest BCUT2D eigenvalue weighted by atomic mass is 10.0. The van der Waals surface area contributed by atoms with Gasteiger partial charge in [0.2, 0.25) is 5.91 Å². The molecule has 0 spiro atoms. The van der Waals surface area contributed by atoms with Crippen molar-refractivity contribution in [1.82, 2.24) is 15.5 Å². The minimum absolute atomic E-state index is 0.00751. The van der Waals surface area contributed by atoms with Gasteiger partial charge in [0.15, 0.2) is 0 Å². The van der Waals surface area contributed by atoms with Crippen molar-refractivity contribution in [2.24, 2.45) is 0 Å². The van der Waals surface area contributed by atoms with Gasteiger partial charge in [-0.05, 0) is 50.8 Å². The van der Waals surface area contributed by atoms with Crippen LogP contribution in [0.25, 0.3) is 0 Å². The SMILES string of the molecule is Cc1ccccc1C(=O)NC1CCN(C(=O)C2CCCN2)CC1. The number of nitrogens with one attached hydrogen (secondary N) is 2. The Kier molecular flexibility index (Phi) is 4.96. The van der Waals surface area contributed by atoms with E-state index in [9.17, 15) is 9.59 Å². The van der Waals surface area contributed by atoms with Gasteiger partial charge in [-0.1, -0.05) is 18.2 Å². The first-order valence-electron chi connectivity index (χ1n) is 8.54. The fourth-order valence-electron chi connectivity index (χ4n) is 3.45. The lowest BCUT2D eigenvalue weighted by Gasteiger charge is -2.34. The van der Waals surface area contributed by atoms with Crippen molar-refractivity contribution in [3.05, 3.63) is 35.4 Å². The molecule has 124 valence electrons. The van der Waals surface area contributed by atoms with Crippen molar-refractivity contribution in [2.45, 2.75) is 44.7 Å². The summed E-state index contributed by atoms with van der Waals surface area (Å²) < 4.78 is 0. The van der Waals surface area contributed by atoms with Gasteiger partial charge in [-0.15, -0.1) is 0 Å². The van der Waals surface area contributed by atoms with Crippen LogP contribution < -0.4 is 10.6 Å². The monoisotopic (exact) mass is 315 g/mol. The predicted molar refractivity (Wildman–Crippen MR) is 89.3 cm³/mol. The number of nitrogens with zero attached hydrogens (tertiary/aromatic N) is 1. The van der Waals surface area contributed by atoms with E-state index in [1.807, 2.05) is 36.1 Å². The standard InChI is InChI=1S/C18H25N3O2/c1-13-5-2-3-6-15(13)17(22)20-14-8-11-21(12-9-14)18(23)16-7-4-10-19-16/h2-3,5-6,14,16,19H,4,7-12H2,1H3,(H,20,22). The molecule has 3 rings (SSSR count). The Balaban J connectivity index is 1.50.